The molecule has 0 bridgehead atoms. The van der Waals surface area contributed by atoms with Gasteiger partial charge in [-0.3, -0.25) is 5.10 Å². The molecule has 0 saturated heterocycles. The summed E-state index contributed by atoms with van der Waals surface area (Å²) in [5.41, 5.74) is 3.00. The Morgan fingerprint density at radius 2 is 1.81 bits per heavy atom. The monoisotopic (exact) mass is 350 g/mol. The van der Waals surface area contributed by atoms with E-state index in [2.05, 4.69) is 20.2 Å². The summed E-state index contributed by atoms with van der Waals surface area (Å²) in [6.07, 6.45) is 1.59. The Balaban J connectivity index is 1.88. The summed E-state index contributed by atoms with van der Waals surface area (Å²) in [7, 11) is 3.09. The molecule has 0 saturated carbocycles. The van der Waals surface area contributed by atoms with Crippen molar-refractivity contribution in [1.82, 2.24) is 20.2 Å². The Morgan fingerprint density at radius 3 is 2.54 bits per heavy atom. The largest absolute Gasteiger partial charge is 0.497 e. The van der Waals surface area contributed by atoms with E-state index in [0.29, 0.717) is 22.5 Å². The van der Waals surface area contributed by atoms with Crippen molar-refractivity contribution in [2.75, 3.05) is 14.2 Å². The summed E-state index contributed by atoms with van der Waals surface area (Å²) in [5.74, 6) is 0.917. The number of aromatic amines is 1. The number of benzene rings is 2. The fraction of sp³-hybridized carbons (Fsp3) is 0.105. The summed E-state index contributed by atoms with van der Waals surface area (Å²) in [5, 5.41) is 7.23. The minimum atomic E-state index is -0.446. The zero-order valence-corrected chi connectivity index (χ0v) is 14.2. The van der Waals surface area contributed by atoms with Gasteiger partial charge in [-0.05, 0) is 36.4 Å². The molecule has 2 aromatic carbocycles. The number of halogens is 1. The number of hydrogen-bond donors (Lipinski definition) is 1. The molecule has 0 spiro atoms. The number of nitrogens with zero attached hydrogens (tertiary/aromatic N) is 3. The second-order valence-corrected chi connectivity index (χ2v) is 5.57. The van der Waals surface area contributed by atoms with Gasteiger partial charge in [-0.25, -0.2) is 14.4 Å². The summed E-state index contributed by atoms with van der Waals surface area (Å²) in [6, 6.07) is 12.1. The molecule has 26 heavy (non-hydrogen) atoms. The maximum Gasteiger partial charge on any atom is 0.166 e. The average molecular weight is 350 g/mol. The summed E-state index contributed by atoms with van der Waals surface area (Å²) in [6.45, 7) is 0. The van der Waals surface area contributed by atoms with Crippen LogP contribution in [-0.4, -0.2) is 34.4 Å². The summed E-state index contributed by atoms with van der Waals surface area (Å²) >= 11 is 0. The van der Waals surface area contributed by atoms with Gasteiger partial charge in [0.15, 0.2) is 5.82 Å². The zero-order chi connectivity index (χ0) is 18.1. The highest BCUT2D eigenvalue weighted by atomic mass is 19.1. The van der Waals surface area contributed by atoms with Crippen LogP contribution in [0.5, 0.6) is 11.5 Å². The van der Waals surface area contributed by atoms with E-state index in [-0.39, 0.29) is 11.4 Å². The molecule has 0 fully saturated rings. The van der Waals surface area contributed by atoms with Crippen LogP contribution in [0.15, 0.2) is 48.7 Å². The molecular weight excluding hydrogens is 335 g/mol. The Bertz CT molecular complexity index is 1080. The quantitative estimate of drug-likeness (QED) is 0.605. The minimum absolute atomic E-state index is 0.221. The zero-order valence-electron chi connectivity index (χ0n) is 14.2. The van der Waals surface area contributed by atoms with Crippen molar-refractivity contribution in [3.05, 3.63) is 54.5 Å². The van der Waals surface area contributed by atoms with Gasteiger partial charge in [-0.2, -0.15) is 5.10 Å². The third-order valence-electron chi connectivity index (χ3n) is 4.08. The van der Waals surface area contributed by atoms with Gasteiger partial charge in [0.25, 0.3) is 0 Å². The minimum Gasteiger partial charge on any atom is -0.497 e. The predicted molar refractivity (Wildman–Crippen MR) is 95.6 cm³/mol. The predicted octanol–water partition coefficient (Wildman–Crippen LogP) is 3.84. The van der Waals surface area contributed by atoms with Gasteiger partial charge in [-0.15, -0.1) is 0 Å². The molecule has 0 unspecified atom stereocenters. The Labute approximate surface area is 148 Å². The molecule has 130 valence electrons. The van der Waals surface area contributed by atoms with Crippen LogP contribution in [0, 0.1) is 5.82 Å². The van der Waals surface area contributed by atoms with Crippen LogP contribution < -0.4 is 9.47 Å². The van der Waals surface area contributed by atoms with Crippen molar-refractivity contribution in [3.8, 4) is 34.1 Å². The third kappa shape index (κ3) is 2.63. The number of H-pyrrole nitrogens is 1. The smallest absolute Gasteiger partial charge is 0.166 e. The summed E-state index contributed by atoms with van der Waals surface area (Å²) in [4.78, 5) is 8.80. The van der Waals surface area contributed by atoms with E-state index in [9.17, 15) is 4.39 Å². The lowest BCUT2D eigenvalue weighted by Crippen LogP contribution is -1.96. The number of hydrogen-bond acceptors (Lipinski definition) is 5. The highest BCUT2D eigenvalue weighted by molar-refractivity contribution is 5.90. The fourth-order valence-electron chi connectivity index (χ4n) is 2.78. The van der Waals surface area contributed by atoms with E-state index in [4.69, 9.17) is 9.47 Å². The lowest BCUT2D eigenvalue weighted by molar-refractivity contribution is 0.413. The second-order valence-electron chi connectivity index (χ2n) is 5.57. The van der Waals surface area contributed by atoms with Gasteiger partial charge in [0.1, 0.15) is 34.0 Å². The molecule has 0 aliphatic heterocycles. The van der Waals surface area contributed by atoms with Crippen LogP contribution in [0.1, 0.15) is 0 Å². The maximum atomic E-state index is 14.4. The average Bonchev–Trinajstić information content (AvgIpc) is 3.11. The third-order valence-corrected chi connectivity index (χ3v) is 4.08. The second kappa shape index (κ2) is 6.44. The van der Waals surface area contributed by atoms with E-state index < -0.39 is 5.82 Å². The molecule has 2 aromatic heterocycles. The Kier molecular flexibility index (Phi) is 3.96. The molecule has 4 aromatic rings. The van der Waals surface area contributed by atoms with Gasteiger partial charge in [0.05, 0.1) is 26.0 Å². The number of ether oxygens (including phenoxy) is 2. The van der Waals surface area contributed by atoms with Crippen molar-refractivity contribution in [2.45, 2.75) is 0 Å². The van der Waals surface area contributed by atoms with Crippen LogP contribution in [0.25, 0.3) is 33.7 Å². The normalized spacial score (nSPS) is 10.9. The number of aromatic nitrogens is 4. The van der Waals surface area contributed by atoms with Crippen molar-refractivity contribution in [3.63, 3.8) is 0 Å². The lowest BCUT2D eigenvalue weighted by atomic mass is 10.1. The van der Waals surface area contributed by atoms with E-state index in [1.54, 1.807) is 25.4 Å². The van der Waals surface area contributed by atoms with Crippen LogP contribution in [0.4, 0.5) is 4.39 Å². The summed E-state index contributed by atoms with van der Waals surface area (Å²) < 4.78 is 24.8. The lowest BCUT2D eigenvalue weighted by Gasteiger charge is -2.08. The molecule has 1 N–H and O–H groups in total. The van der Waals surface area contributed by atoms with E-state index in [0.717, 1.165) is 11.3 Å². The van der Waals surface area contributed by atoms with E-state index >= 15 is 0 Å². The topological polar surface area (TPSA) is 72.9 Å². The van der Waals surface area contributed by atoms with Crippen molar-refractivity contribution >= 4 is 11.0 Å². The highest BCUT2D eigenvalue weighted by Gasteiger charge is 2.17. The molecule has 6 nitrogen and oxygen atoms in total. The molecule has 0 aliphatic rings. The van der Waals surface area contributed by atoms with Crippen molar-refractivity contribution < 1.29 is 13.9 Å². The molecule has 0 atom stereocenters. The van der Waals surface area contributed by atoms with Gasteiger partial charge in [0.2, 0.25) is 0 Å². The van der Waals surface area contributed by atoms with Crippen LogP contribution >= 0.6 is 0 Å². The van der Waals surface area contributed by atoms with E-state index in [1.165, 1.54) is 13.2 Å². The molecule has 7 heteroatoms. The highest BCUT2D eigenvalue weighted by Crippen LogP contribution is 2.32. The number of methoxy groups -OCH3 is 2. The van der Waals surface area contributed by atoms with Gasteiger partial charge in [0, 0.05) is 5.56 Å². The van der Waals surface area contributed by atoms with Crippen LogP contribution in [0.2, 0.25) is 0 Å². The Morgan fingerprint density at radius 1 is 1.00 bits per heavy atom. The molecule has 0 amide bonds. The standard InChI is InChI=1S/C19H15FN4O2/c1-25-12-8-6-11(7-9-12)17-18-14(23-24-17)10-21-19(22-18)16-13(20)4-3-5-15(16)26-2/h3-10H,1-2H3,(H,23,24). The van der Waals surface area contributed by atoms with Gasteiger partial charge in [-0.1, -0.05) is 6.07 Å². The maximum absolute atomic E-state index is 14.4. The number of fused-ring (bicyclic) bond motifs is 1. The first-order valence-corrected chi connectivity index (χ1v) is 7.89. The van der Waals surface area contributed by atoms with Crippen molar-refractivity contribution in [1.29, 1.82) is 0 Å². The van der Waals surface area contributed by atoms with Gasteiger partial charge < -0.3 is 9.47 Å². The fourth-order valence-corrected chi connectivity index (χ4v) is 2.78. The van der Waals surface area contributed by atoms with Crippen LogP contribution in [0.3, 0.4) is 0 Å². The van der Waals surface area contributed by atoms with Crippen LogP contribution in [-0.2, 0) is 0 Å². The first-order chi connectivity index (χ1) is 12.7. The molecular formula is C19H15FN4O2. The number of rotatable bonds is 4. The first kappa shape index (κ1) is 16.0. The molecule has 4 rings (SSSR count). The molecule has 0 radical (unpaired) electrons. The van der Waals surface area contributed by atoms with Crippen molar-refractivity contribution in [2.24, 2.45) is 0 Å². The van der Waals surface area contributed by atoms with Gasteiger partial charge >= 0.3 is 0 Å². The van der Waals surface area contributed by atoms with E-state index in [1.807, 2.05) is 24.3 Å². The Hall–Kier alpha value is -3.48. The molecule has 0 aliphatic carbocycles. The molecule has 2 heterocycles. The number of nitrogens with one attached hydrogen (secondary N) is 1. The SMILES string of the molecule is COc1ccc(-c2n[nH]c3cnc(-c4c(F)cccc4OC)nc23)cc1. The first-order valence-electron chi connectivity index (χ1n) is 7.89.